The standard InChI is InChI=1S/C10H22N2OS/c1-10(2,3)14(13)11-9-5-7-12(4)8-6-9/h9,11H,5-8H2,1-4H3. The summed E-state index contributed by atoms with van der Waals surface area (Å²) < 4.78 is 14.9. The lowest BCUT2D eigenvalue weighted by molar-refractivity contribution is 0.247. The zero-order chi connectivity index (χ0) is 10.8. The Morgan fingerprint density at radius 1 is 1.29 bits per heavy atom. The minimum absolute atomic E-state index is 0.149. The number of likely N-dealkylation sites (tertiary alicyclic amines) is 1. The van der Waals surface area contributed by atoms with Gasteiger partial charge in [-0.3, -0.25) is 0 Å². The van der Waals surface area contributed by atoms with Gasteiger partial charge in [-0.25, -0.2) is 0 Å². The van der Waals surface area contributed by atoms with Crippen LogP contribution >= 0.6 is 0 Å². The second kappa shape index (κ2) is 4.84. The molecule has 0 amide bonds. The Labute approximate surface area is 90.6 Å². The molecule has 0 spiro atoms. The van der Waals surface area contributed by atoms with Crippen molar-refractivity contribution in [1.82, 2.24) is 9.62 Å². The first kappa shape index (κ1) is 12.3. The summed E-state index contributed by atoms with van der Waals surface area (Å²) >= 11 is -0.915. The van der Waals surface area contributed by atoms with Gasteiger partial charge < -0.3 is 9.45 Å². The predicted molar refractivity (Wildman–Crippen MR) is 61.6 cm³/mol. The first-order valence-corrected chi connectivity index (χ1v) is 6.41. The third-order valence-electron chi connectivity index (χ3n) is 2.55. The number of nitrogens with one attached hydrogen (secondary N) is 1. The summed E-state index contributed by atoms with van der Waals surface area (Å²) in [7, 11) is 2.14. The van der Waals surface area contributed by atoms with E-state index >= 15 is 0 Å². The molecular formula is C10H22N2OS. The Bertz CT molecular complexity index is 173. The average Bonchev–Trinajstić information content (AvgIpc) is 2.07. The van der Waals surface area contributed by atoms with Gasteiger partial charge in [0.15, 0.2) is 0 Å². The van der Waals surface area contributed by atoms with Crippen LogP contribution in [-0.4, -0.2) is 40.4 Å². The molecule has 0 aromatic heterocycles. The summed E-state index contributed by atoms with van der Waals surface area (Å²) in [6.07, 6.45) is 2.22. The SMILES string of the molecule is CN1CCC(N[S+]([O-])C(C)(C)C)CC1. The third-order valence-corrected chi connectivity index (χ3v) is 4.21. The molecule has 3 nitrogen and oxygen atoms in total. The number of hydrogen-bond acceptors (Lipinski definition) is 3. The highest BCUT2D eigenvalue weighted by Gasteiger charge is 2.30. The molecule has 4 heteroatoms. The first-order chi connectivity index (χ1) is 6.39. The van der Waals surface area contributed by atoms with E-state index < -0.39 is 11.4 Å². The Balaban J connectivity index is 2.31. The highest BCUT2D eigenvalue weighted by molar-refractivity contribution is 7.90. The van der Waals surface area contributed by atoms with Crippen LogP contribution in [0, 0.1) is 0 Å². The topological polar surface area (TPSA) is 38.3 Å². The van der Waals surface area contributed by atoms with Crippen LogP contribution in [0.3, 0.4) is 0 Å². The van der Waals surface area contributed by atoms with E-state index in [2.05, 4.69) is 16.7 Å². The van der Waals surface area contributed by atoms with Crippen LogP contribution < -0.4 is 4.72 Å². The van der Waals surface area contributed by atoms with E-state index in [1.54, 1.807) is 0 Å². The third kappa shape index (κ3) is 3.77. The van der Waals surface area contributed by atoms with E-state index in [0.717, 1.165) is 25.9 Å². The van der Waals surface area contributed by atoms with Gasteiger partial charge in [0.1, 0.15) is 4.75 Å². The Hall–Kier alpha value is 0.230. The molecule has 1 heterocycles. The number of piperidine rings is 1. The average molecular weight is 218 g/mol. The highest BCUT2D eigenvalue weighted by atomic mass is 32.2. The van der Waals surface area contributed by atoms with E-state index in [9.17, 15) is 4.55 Å². The molecule has 0 aromatic carbocycles. The van der Waals surface area contributed by atoms with Gasteiger partial charge in [-0.15, -0.1) is 4.72 Å². The molecule has 1 aliphatic heterocycles. The van der Waals surface area contributed by atoms with Crippen molar-refractivity contribution in [1.29, 1.82) is 0 Å². The van der Waals surface area contributed by atoms with Crippen molar-refractivity contribution < 1.29 is 4.55 Å². The van der Waals surface area contributed by atoms with Crippen molar-refractivity contribution in [3.8, 4) is 0 Å². The summed E-state index contributed by atoms with van der Waals surface area (Å²) in [6, 6.07) is 0.436. The van der Waals surface area contributed by atoms with Crippen LogP contribution in [0.1, 0.15) is 33.6 Å². The molecule has 1 saturated heterocycles. The minimum Gasteiger partial charge on any atom is -0.598 e. The molecule has 1 aliphatic rings. The maximum atomic E-state index is 11.8. The van der Waals surface area contributed by atoms with Crippen LogP contribution in [0.15, 0.2) is 0 Å². The monoisotopic (exact) mass is 218 g/mol. The summed E-state index contributed by atoms with van der Waals surface area (Å²) in [6.45, 7) is 8.24. The number of nitrogens with zero attached hydrogens (tertiary/aromatic N) is 1. The molecule has 0 bridgehead atoms. The Morgan fingerprint density at radius 3 is 2.21 bits per heavy atom. The summed E-state index contributed by atoms with van der Waals surface area (Å²) in [5, 5.41) is 0. The maximum Gasteiger partial charge on any atom is 0.136 e. The fourth-order valence-electron chi connectivity index (χ4n) is 1.45. The lowest BCUT2D eigenvalue weighted by Gasteiger charge is -2.32. The normalized spacial score (nSPS) is 23.8. The van der Waals surface area contributed by atoms with Crippen molar-refractivity contribution in [2.45, 2.75) is 44.4 Å². The molecular weight excluding hydrogens is 196 g/mol. The van der Waals surface area contributed by atoms with E-state index in [0.29, 0.717) is 6.04 Å². The molecule has 14 heavy (non-hydrogen) atoms. The molecule has 0 saturated carbocycles. The first-order valence-electron chi connectivity index (χ1n) is 5.26. The molecule has 84 valence electrons. The van der Waals surface area contributed by atoms with Crippen LogP contribution in [0.4, 0.5) is 0 Å². The molecule has 0 radical (unpaired) electrons. The number of rotatable bonds is 2. The van der Waals surface area contributed by atoms with Gasteiger partial charge in [0.05, 0.1) is 6.04 Å². The molecule has 0 aromatic rings. The lowest BCUT2D eigenvalue weighted by atomic mass is 10.1. The molecule has 1 fully saturated rings. The fraction of sp³-hybridized carbons (Fsp3) is 1.00. The fourth-order valence-corrected chi connectivity index (χ4v) is 2.35. The van der Waals surface area contributed by atoms with Crippen LogP contribution in [0.5, 0.6) is 0 Å². The van der Waals surface area contributed by atoms with Gasteiger partial charge in [-0.05, 0) is 53.8 Å². The predicted octanol–water partition coefficient (Wildman–Crippen LogP) is 1.13. The molecule has 1 unspecified atom stereocenters. The quantitative estimate of drug-likeness (QED) is 0.706. The van der Waals surface area contributed by atoms with E-state index in [1.165, 1.54) is 0 Å². The van der Waals surface area contributed by atoms with Crippen LogP contribution in [0.2, 0.25) is 0 Å². The van der Waals surface area contributed by atoms with Gasteiger partial charge in [-0.2, -0.15) is 0 Å². The molecule has 1 N–H and O–H groups in total. The highest BCUT2D eigenvalue weighted by Crippen LogP contribution is 2.17. The van der Waals surface area contributed by atoms with Crippen molar-refractivity contribution in [3.63, 3.8) is 0 Å². The molecule has 1 rings (SSSR count). The van der Waals surface area contributed by atoms with E-state index in [-0.39, 0.29) is 4.75 Å². The molecule has 0 aliphatic carbocycles. The van der Waals surface area contributed by atoms with Gasteiger partial charge in [0.25, 0.3) is 0 Å². The van der Waals surface area contributed by atoms with Gasteiger partial charge in [0.2, 0.25) is 0 Å². The van der Waals surface area contributed by atoms with Crippen molar-refractivity contribution >= 4 is 11.4 Å². The van der Waals surface area contributed by atoms with Crippen molar-refractivity contribution in [2.75, 3.05) is 20.1 Å². The largest absolute Gasteiger partial charge is 0.598 e. The smallest absolute Gasteiger partial charge is 0.136 e. The summed E-state index contributed by atoms with van der Waals surface area (Å²) in [5.74, 6) is 0. The van der Waals surface area contributed by atoms with E-state index in [4.69, 9.17) is 0 Å². The summed E-state index contributed by atoms with van der Waals surface area (Å²) in [5.41, 5.74) is 0. The van der Waals surface area contributed by atoms with Crippen molar-refractivity contribution in [3.05, 3.63) is 0 Å². The van der Waals surface area contributed by atoms with Crippen LogP contribution in [-0.2, 0) is 11.4 Å². The van der Waals surface area contributed by atoms with Gasteiger partial charge >= 0.3 is 0 Å². The second-order valence-electron chi connectivity index (χ2n) is 5.08. The number of hydrogen-bond donors (Lipinski definition) is 1. The maximum absolute atomic E-state index is 11.8. The van der Waals surface area contributed by atoms with E-state index in [1.807, 2.05) is 20.8 Å². The zero-order valence-corrected chi connectivity index (χ0v) is 10.5. The van der Waals surface area contributed by atoms with Crippen molar-refractivity contribution in [2.24, 2.45) is 0 Å². The Morgan fingerprint density at radius 2 is 1.79 bits per heavy atom. The molecule has 1 atom stereocenters. The minimum atomic E-state index is -0.915. The summed E-state index contributed by atoms with van der Waals surface area (Å²) in [4.78, 5) is 2.32. The van der Waals surface area contributed by atoms with Crippen LogP contribution in [0.25, 0.3) is 0 Å². The lowest BCUT2D eigenvalue weighted by Crippen LogP contribution is -2.48. The second-order valence-corrected chi connectivity index (χ2v) is 7.07. The Kier molecular flexibility index (Phi) is 4.25. The van der Waals surface area contributed by atoms with Gasteiger partial charge in [-0.1, -0.05) is 0 Å². The van der Waals surface area contributed by atoms with Gasteiger partial charge in [0, 0.05) is 11.4 Å². The zero-order valence-electron chi connectivity index (χ0n) is 9.67.